The van der Waals surface area contributed by atoms with Crippen LogP contribution in [0.3, 0.4) is 0 Å². The minimum Gasteiger partial charge on any atom is -0.329 e. The number of imidazole rings is 1. The molecule has 3 nitrogen and oxygen atoms in total. The van der Waals surface area contributed by atoms with Crippen molar-refractivity contribution in [3.8, 4) is 0 Å². The van der Waals surface area contributed by atoms with Gasteiger partial charge in [-0.3, -0.25) is 0 Å². The molecule has 0 radical (unpaired) electrons. The molecule has 0 unspecified atom stereocenters. The van der Waals surface area contributed by atoms with Gasteiger partial charge in [-0.25, -0.2) is 4.98 Å². The molecule has 0 aliphatic heterocycles. The van der Waals surface area contributed by atoms with Crippen LogP contribution in [-0.2, 0) is 12.0 Å². The van der Waals surface area contributed by atoms with Crippen molar-refractivity contribution in [1.29, 1.82) is 0 Å². The van der Waals surface area contributed by atoms with E-state index in [1.54, 1.807) is 0 Å². The topological polar surface area (TPSA) is 43.8 Å². The largest absolute Gasteiger partial charge is 0.329 e. The van der Waals surface area contributed by atoms with Gasteiger partial charge >= 0.3 is 0 Å². The minimum absolute atomic E-state index is 0.124. The zero-order chi connectivity index (χ0) is 13.3. The van der Waals surface area contributed by atoms with Crippen molar-refractivity contribution in [1.82, 2.24) is 9.55 Å². The molecule has 18 heavy (non-hydrogen) atoms. The third kappa shape index (κ3) is 2.25. The number of hydrogen-bond donors (Lipinski definition) is 1. The van der Waals surface area contributed by atoms with Crippen LogP contribution in [0.5, 0.6) is 0 Å². The lowest BCUT2D eigenvalue weighted by atomic mass is 9.92. The second kappa shape index (κ2) is 4.90. The summed E-state index contributed by atoms with van der Waals surface area (Å²) in [5, 5.41) is 0.723. The van der Waals surface area contributed by atoms with Crippen LogP contribution in [0.4, 0.5) is 0 Å². The average molecular weight is 266 g/mol. The van der Waals surface area contributed by atoms with E-state index in [0.29, 0.717) is 6.54 Å². The summed E-state index contributed by atoms with van der Waals surface area (Å²) < 4.78 is 2.26. The number of nitrogens with zero attached hydrogens (tertiary/aromatic N) is 2. The fourth-order valence-electron chi connectivity index (χ4n) is 2.16. The number of benzene rings is 1. The summed E-state index contributed by atoms with van der Waals surface area (Å²) in [7, 11) is 0. The molecule has 0 saturated heterocycles. The number of hydrogen-bond acceptors (Lipinski definition) is 2. The average Bonchev–Trinajstić information content (AvgIpc) is 2.68. The Kier molecular flexibility index (Phi) is 3.64. The normalized spacial score (nSPS) is 12.3. The van der Waals surface area contributed by atoms with Gasteiger partial charge < -0.3 is 10.3 Å². The van der Waals surface area contributed by atoms with E-state index in [0.717, 1.165) is 34.8 Å². The molecule has 0 aliphatic carbocycles. The maximum absolute atomic E-state index is 6.03. The van der Waals surface area contributed by atoms with E-state index in [4.69, 9.17) is 22.3 Å². The highest BCUT2D eigenvalue weighted by atomic mass is 35.5. The second-order valence-corrected chi connectivity index (χ2v) is 5.74. The number of aryl methyl sites for hydroxylation is 1. The highest BCUT2D eigenvalue weighted by Gasteiger charge is 2.26. The van der Waals surface area contributed by atoms with Crippen LogP contribution in [-0.4, -0.2) is 16.1 Å². The fourth-order valence-corrected chi connectivity index (χ4v) is 2.33. The van der Waals surface area contributed by atoms with Crippen molar-refractivity contribution in [2.24, 2.45) is 5.73 Å². The summed E-state index contributed by atoms with van der Waals surface area (Å²) in [6.45, 7) is 7.95. The maximum atomic E-state index is 6.03. The Balaban J connectivity index is 2.68. The first-order valence-electron chi connectivity index (χ1n) is 6.36. The van der Waals surface area contributed by atoms with Gasteiger partial charge in [0, 0.05) is 23.5 Å². The number of nitrogens with two attached hydrogens (primary N) is 1. The summed E-state index contributed by atoms with van der Waals surface area (Å²) in [4.78, 5) is 4.73. The van der Waals surface area contributed by atoms with Gasteiger partial charge in [0.1, 0.15) is 5.82 Å². The molecule has 0 aliphatic rings. The molecule has 0 amide bonds. The summed E-state index contributed by atoms with van der Waals surface area (Å²) >= 11 is 6.03. The summed E-state index contributed by atoms with van der Waals surface area (Å²) in [6.07, 6.45) is 1.07. The Hall–Kier alpha value is -1.06. The molecular formula is C14H20ClN3. The zero-order valence-corrected chi connectivity index (χ0v) is 12.0. The molecule has 2 rings (SSSR count). The lowest BCUT2D eigenvalue weighted by molar-refractivity contribution is 0.469. The molecule has 1 heterocycles. The van der Waals surface area contributed by atoms with Crippen molar-refractivity contribution in [3.05, 3.63) is 29.0 Å². The predicted octanol–water partition coefficient (Wildman–Crippen LogP) is 3.34. The standard InChI is InChI=1S/C14H20ClN3/c1-4-7-18-12-6-5-10(15)8-11(12)17-13(18)14(2,3)9-16/h5-6,8H,4,7,9,16H2,1-3H3. The highest BCUT2D eigenvalue weighted by Crippen LogP contribution is 2.27. The van der Waals surface area contributed by atoms with Crippen LogP contribution in [0.2, 0.25) is 5.02 Å². The van der Waals surface area contributed by atoms with Gasteiger partial charge in [-0.15, -0.1) is 0 Å². The fraction of sp³-hybridized carbons (Fsp3) is 0.500. The number of rotatable bonds is 4. The molecule has 2 aromatic rings. The Morgan fingerprint density at radius 2 is 2.11 bits per heavy atom. The van der Waals surface area contributed by atoms with Gasteiger partial charge in [0.15, 0.2) is 0 Å². The van der Waals surface area contributed by atoms with Gasteiger partial charge in [0.2, 0.25) is 0 Å². The lowest BCUT2D eigenvalue weighted by Crippen LogP contribution is -2.31. The van der Waals surface area contributed by atoms with Crippen molar-refractivity contribution in [2.75, 3.05) is 6.54 Å². The van der Waals surface area contributed by atoms with Crippen molar-refractivity contribution >= 4 is 22.6 Å². The van der Waals surface area contributed by atoms with Gasteiger partial charge in [-0.1, -0.05) is 32.4 Å². The Bertz CT molecular complexity index is 557. The molecule has 0 bridgehead atoms. The first kappa shape index (κ1) is 13.4. The van der Waals surface area contributed by atoms with Crippen LogP contribution in [0, 0.1) is 0 Å². The zero-order valence-electron chi connectivity index (χ0n) is 11.2. The molecule has 98 valence electrons. The first-order chi connectivity index (χ1) is 8.49. The van der Waals surface area contributed by atoms with Crippen LogP contribution in [0.1, 0.15) is 33.0 Å². The Labute approximate surface area is 113 Å². The van der Waals surface area contributed by atoms with E-state index in [-0.39, 0.29) is 5.41 Å². The molecule has 0 spiro atoms. The summed E-state index contributed by atoms with van der Waals surface area (Å²) in [5.41, 5.74) is 7.84. The molecule has 0 saturated carbocycles. The van der Waals surface area contributed by atoms with E-state index < -0.39 is 0 Å². The first-order valence-corrected chi connectivity index (χ1v) is 6.73. The van der Waals surface area contributed by atoms with E-state index in [2.05, 4.69) is 25.3 Å². The number of halogens is 1. The lowest BCUT2D eigenvalue weighted by Gasteiger charge is -2.23. The highest BCUT2D eigenvalue weighted by molar-refractivity contribution is 6.31. The van der Waals surface area contributed by atoms with Crippen LogP contribution >= 0.6 is 11.6 Å². The van der Waals surface area contributed by atoms with E-state index in [1.165, 1.54) is 0 Å². The monoisotopic (exact) mass is 265 g/mol. The summed E-state index contributed by atoms with van der Waals surface area (Å²) in [6, 6.07) is 5.87. The van der Waals surface area contributed by atoms with Crippen molar-refractivity contribution < 1.29 is 0 Å². The van der Waals surface area contributed by atoms with Crippen molar-refractivity contribution in [2.45, 2.75) is 39.2 Å². The van der Waals surface area contributed by atoms with Gasteiger partial charge in [0.25, 0.3) is 0 Å². The minimum atomic E-state index is -0.124. The molecule has 4 heteroatoms. The molecule has 2 N–H and O–H groups in total. The van der Waals surface area contributed by atoms with Gasteiger partial charge in [-0.2, -0.15) is 0 Å². The SMILES string of the molecule is CCCn1c(C(C)(C)CN)nc2cc(Cl)ccc21. The van der Waals surface area contributed by atoms with E-state index in [1.807, 2.05) is 18.2 Å². The number of fused-ring (bicyclic) bond motifs is 1. The summed E-state index contributed by atoms with van der Waals surface area (Å²) in [5.74, 6) is 1.05. The van der Waals surface area contributed by atoms with E-state index >= 15 is 0 Å². The smallest absolute Gasteiger partial charge is 0.116 e. The van der Waals surface area contributed by atoms with Crippen LogP contribution in [0.25, 0.3) is 11.0 Å². The molecule has 1 aromatic heterocycles. The Morgan fingerprint density at radius 3 is 2.72 bits per heavy atom. The van der Waals surface area contributed by atoms with Gasteiger partial charge in [0.05, 0.1) is 11.0 Å². The molecule has 0 atom stereocenters. The van der Waals surface area contributed by atoms with Crippen LogP contribution < -0.4 is 5.73 Å². The Morgan fingerprint density at radius 1 is 1.39 bits per heavy atom. The predicted molar refractivity (Wildman–Crippen MR) is 77.1 cm³/mol. The maximum Gasteiger partial charge on any atom is 0.116 e. The third-order valence-corrected chi connectivity index (χ3v) is 3.51. The van der Waals surface area contributed by atoms with Crippen molar-refractivity contribution in [3.63, 3.8) is 0 Å². The second-order valence-electron chi connectivity index (χ2n) is 5.31. The molecular weight excluding hydrogens is 246 g/mol. The molecule has 1 aromatic carbocycles. The molecule has 0 fully saturated rings. The quantitative estimate of drug-likeness (QED) is 0.921. The van der Waals surface area contributed by atoms with E-state index in [9.17, 15) is 0 Å². The third-order valence-electron chi connectivity index (χ3n) is 3.27. The number of aromatic nitrogens is 2. The van der Waals surface area contributed by atoms with Gasteiger partial charge in [-0.05, 0) is 24.6 Å². The van der Waals surface area contributed by atoms with Crippen LogP contribution in [0.15, 0.2) is 18.2 Å².